The Hall–Kier alpha value is -0.470. The van der Waals surface area contributed by atoms with Crippen molar-refractivity contribution in [3.8, 4) is 9.88 Å². The fourth-order valence-electron chi connectivity index (χ4n) is 1.45. The molecular weight excluding hydrogens is 382 g/mol. The van der Waals surface area contributed by atoms with Crippen molar-refractivity contribution in [2.24, 2.45) is 5.73 Å². The topological polar surface area (TPSA) is 59.2 Å². The second kappa shape index (κ2) is 7.51. The number of hydrogen-bond donors (Lipinski definition) is 1. The zero-order valence-corrected chi connectivity index (χ0v) is 15.0. The summed E-state index contributed by atoms with van der Waals surface area (Å²) in [7, 11) is 1.75. The Balaban J connectivity index is 0.00000200. The Bertz CT molecular complexity index is 587. The van der Waals surface area contributed by atoms with Crippen LogP contribution in [0, 0.1) is 0 Å². The number of thiazole rings is 1. The molecule has 4 nitrogen and oxygen atoms in total. The van der Waals surface area contributed by atoms with Gasteiger partial charge in [0.05, 0.1) is 8.66 Å². The Labute approximate surface area is 140 Å². The standard InChI is InChI=1S/C12H14BrN3OS2.ClH/c1-7(5-14)16(2)12(17)8-6-18-11(15-8)9-3-4-10(13)19-9;/h3-4,6-7H,5,14H2,1-2H3;1H. The molecule has 2 aromatic heterocycles. The molecule has 2 aromatic rings. The minimum absolute atomic E-state index is 0. The van der Waals surface area contributed by atoms with Crippen LogP contribution in [0.1, 0.15) is 17.4 Å². The number of likely N-dealkylation sites (N-methyl/N-ethyl adjacent to an activating group) is 1. The molecule has 1 atom stereocenters. The third-order valence-corrected chi connectivity index (χ3v) is 5.47. The van der Waals surface area contributed by atoms with Crippen molar-refractivity contribution < 1.29 is 4.79 Å². The number of rotatable bonds is 4. The predicted molar refractivity (Wildman–Crippen MR) is 91.0 cm³/mol. The summed E-state index contributed by atoms with van der Waals surface area (Å²) in [5.74, 6) is -0.0870. The minimum Gasteiger partial charge on any atom is -0.336 e. The molecule has 20 heavy (non-hydrogen) atoms. The van der Waals surface area contributed by atoms with Crippen LogP contribution in [-0.2, 0) is 0 Å². The number of carbonyl (C=O) groups excluding carboxylic acids is 1. The molecular formula is C12H15BrClN3OS2. The van der Waals surface area contributed by atoms with Gasteiger partial charge >= 0.3 is 0 Å². The fourth-order valence-corrected chi connectivity index (χ4v) is 3.71. The van der Waals surface area contributed by atoms with E-state index in [0.717, 1.165) is 13.7 Å². The van der Waals surface area contributed by atoms with E-state index < -0.39 is 0 Å². The second-order valence-electron chi connectivity index (χ2n) is 4.14. The van der Waals surface area contributed by atoms with Gasteiger partial charge in [0.25, 0.3) is 5.91 Å². The molecule has 8 heteroatoms. The molecule has 0 radical (unpaired) electrons. The average Bonchev–Trinajstić information content (AvgIpc) is 3.04. The first-order chi connectivity index (χ1) is 9.02. The van der Waals surface area contributed by atoms with E-state index in [2.05, 4.69) is 20.9 Å². The van der Waals surface area contributed by atoms with E-state index in [-0.39, 0.29) is 24.4 Å². The summed E-state index contributed by atoms with van der Waals surface area (Å²) in [6.07, 6.45) is 0. The first-order valence-corrected chi connectivity index (χ1v) is 8.20. The van der Waals surface area contributed by atoms with Crippen LogP contribution in [0.25, 0.3) is 9.88 Å². The Morgan fingerprint density at radius 3 is 2.80 bits per heavy atom. The van der Waals surface area contributed by atoms with Gasteiger partial charge in [-0.3, -0.25) is 4.79 Å². The van der Waals surface area contributed by atoms with Crippen molar-refractivity contribution in [1.82, 2.24) is 9.88 Å². The SMILES string of the molecule is CC(CN)N(C)C(=O)c1csc(-c2ccc(Br)s2)n1.Cl. The van der Waals surface area contributed by atoms with Crippen molar-refractivity contribution in [3.63, 3.8) is 0 Å². The lowest BCUT2D eigenvalue weighted by molar-refractivity contribution is 0.0743. The molecule has 0 aliphatic carbocycles. The highest BCUT2D eigenvalue weighted by Crippen LogP contribution is 2.33. The molecule has 110 valence electrons. The smallest absolute Gasteiger partial charge is 0.273 e. The molecule has 2 rings (SSSR count). The maximum atomic E-state index is 12.2. The number of hydrogen-bond acceptors (Lipinski definition) is 5. The quantitative estimate of drug-likeness (QED) is 0.860. The van der Waals surface area contributed by atoms with E-state index in [4.69, 9.17) is 5.73 Å². The number of nitrogens with two attached hydrogens (primary N) is 1. The molecule has 2 N–H and O–H groups in total. The summed E-state index contributed by atoms with van der Waals surface area (Å²) < 4.78 is 1.06. The number of halogens is 2. The monoisotopic (exact) mass is 395 g/mol. The minimum atomic E-state index is -0.0870. The van der Waals surface area contributed by atoms with Gasteiger partial charge in [0.2, 0.25) is 0 Å². The maximum Gasteiger partial charge on any atom is 0.273 e. The summed E-state index contributed by atoms with van der Waals surface area (Å²) >= 11 is 6.51. The summed E-state index contributed by atoms with van der Waals surface area (Å²) in [5.41, 5.74) is 6.05. The van der Waals surface area contributed by atoms with E-state index >= 15 is 0 Å². The summed E-state index contributed by atoms with van der Waals surface area (Å²) in [5, 5.41) is 2.67. The Kier molecular flexibility index (Phi) is 6.60. The molecule has 0 spiro atoms. The van der Waals surface area contributed by atoms with E-state index in [9.17, 15) is 4.79 Å². The molecule has 1 unspecified atom stereocenters. The van der Waals surface area contributed by atoms with Crippen LogP contribution in [0.4, 0.5) is 0 Å². The Morgan fingerprint density at radius 2 is 2.25 bits per heavy atom. The van der Waals surface area contributed by atoms with Crippen molar-refractivity contribution in [2.75, 3.05) is 13.6 Å². The van der Waals surface area contributed by atoms with Crippen LogP contribution in [0.15, 0.2) is 21.3 Å². The largest absolute Gasteiger partial charge is 0.336 e. The van der Waals surface area contributed by atoms with Gasteiger partial charge in [0, 0.05) is 25.0 Å². The molecule has 0 aliphatic rings. The van der Waals surface area contributed by atoms with Gasteiger partial charge in [0.15, 0.2) is 0 Å². The van der Waals surface area contributed by atoms with Crippen LogP contribution < -0.4 is 5.73 Å². The van der Waals surface area contributed by atoms with Gasteiger partial charge in [-0.2, -0.15) is 0 Å². The van der Waals surface area contributed by atoms with Crippen LogP contribution >= 0.6 is 51.0 Å². The van der Waals surface area contributed by atoms with Gasteiger partial charge < -0.3 is 10.6 Å². The van der Waals surface area contributed by atoms with E-state index in [1.54, 1.807) is 28.7 Å². The Morgan fingerprint density at radius 1 is 1.55 bits per heavy atom. The molecule has 2 heterocycles. The van der Waals surface area contributed by atoms with Gasteiger partial charge in [-0.15, -0.1) is 35.1 Å². The third-order valence-electron chi connectivity index (χ3n) is 2.83. The van der Waals surface area contributed by atoms with Gasteiger partial charge in [0.1, 0.15) is 10.7 Å². The first-order valence-electron chi connectivity index (χ1n) is 5.71. The lowest BCUT2D eigenvalue weighted by Gasteiger charge is -2.22. The molecule has 1 amide bonds. The molecule has 0 fully saturated rings. The van der Waals surface area contributed by atoms with Crippen molar-refractivity contribution in [1.29, 1.82) is 0 Å². The zero-order valence-electron chi connectivity index (χ0n) is 11.0. The summed E-state index contributed by atoms with van der Waals surface area (Å²) in [6, 6.07) is 3.98. The number of thiophene rings is 1. The van der Waals surface area contributed by atoms with E-state index in [1.807, 2.05) is 19.1 Å². The van der Waals surface area contributed by atoms with Crippen molar-refractivity contribution in [3.05, 3.63) is 27.0 Å². The van der Waals surface area contributed by atoms with Crippen LogP contribution in [0.3, 0.4) is 0 Å². The highest BCUT2D eigenvalue weighted by molar-refractivity contribution is 9.11. The third kappa shape index (κ3) is 3.79. The predicted octanol–water partition coefficient (Wildman–Crippen LogP) is 3.48. The highest BCUT2D eigenvalue weighted by atomic mass is 79.9. The van der Waals surface area contributed by atoms with Crippen LogP contribution in [-0.4, -0.2) is 35.4 Å². The van der Waals surface area contributed by atoms with Crippen LogP contribution in [0.5, 0.6) is 0 Å². The molecule has 0 bridgehead atoms. The molecule has 0 aliphatic heterocycles. The number of aromatic nitrogens is 1. The van der Waals surface area contributed by atoms with Crippen molar-refractivity contribution in [2.45, 2.75) is 13.0 Å². The summed E-state index contributed by atoms with van der Waals surface area (Å²) in [6.45, 7) is 2.36. The van der Waals surface area contributed by atoms with E-state index in [0.29, 0.717) is 12.2 Å². The number of amides is 1. The lowest BCUT2D eigenvalue weighted by Crippen LogP contribution is -2.39. The lowest BCUT2D eigenvalue weighted by atomic mass is 10.3. The second-order valence-corrected chi connectivity index (χ2v) is 7.46. The molecule has 0 saturated heterocycles. The van der Waals surface area contributed by atoms with Gasteiger partial charge in [-0.25, -0.2) is 4.98 Å². The van der Waals surface area contributed by atoms with Gasteiger partial charge in [-0.05, 0) is 35.0 Å². The van der Waals surface area contributed by atoms with Crippen molar-refractivity contribution >= 4 is 56.9 Å². The van der Waals surface area contributed by atoms with Gasteiger partial charge in [-0.1, -0.05) is 0 Å². The first kappa shape index (κ1) is 17.6. The number of nitrogens with zero attached hydrogens (tertiary/aromatic N) is 2. The molecule has 0 aromatic carbocycles. The maximum absolute atomic E-state index is 12.2. The highest BCUT2D eigenvalue weighted by Gasteiger charge is 2.19. The normalized spacial score (nSPS) is 11.8. The molecule has 0 saturated carbocycles. The van der Waals surface area contributed by atoms with E-state index in [1.165, 1.54) is 11.3 Å². The zero-order chi connectivity index (χ0) is 14.0. The fraction of sp³-hybridized carbons (Fsp3) is 0.333. The average molecular weight is 397 g/mol. The van der Waals surface area contributed by atoms with Crippen LogP contribution in [0.2, 0.25) is 0 Å². The number of carbonyl (C=O) groups is 1. The summed E-state index contributed by atoms with van der Waals surface area (Å²) in [4.78, 5) is 19.3.